The minimum atomic E-state index is 0.142. The maximum absolute atomic E-state index is 5.98. The number of hydrogen-bond donors (Lipinski definition) is 2. The predicted octanol–water partition coefficient (Wildman–Crippen LogP) is 3.45. The summed E-state index contributed by atoms with van der Waals surface area (Å²) in [6.45, 7) is 16.6. The summed E-state index contributed by atoms with van der Waals surface area (Å²) in [5.74, 6) is 0. The molecule has 0 aliphatic rings. The Bertz CT molecular complexity index is 401. The summed E-state index contributed by atoms with van der Waals surface area (Å²) in [6, 6.07) is 10.5. The molecule has 0 atom stereocenters. The SMILES string of the molecule is CCNCC(C)(C)COCC(C)(C)CNCc1ccccc1. The fourth-order valence-electron chi connectivity index (χ4n) is 2.31. The number of ether oxygens (including phenoxy) is 1. The third-order valence-electron chi connectivity index (χ3n) is 3.61. The highest BCUT2D eigenvalue weighted by Crippen LogP contribution is 2.19. The van der Waals surface area contributed by atoms with Crippen LogP contribution in [0.4, 0.5) is 0 Å². The van der Waals surface area contributed by atoms with Crippen LogP contribution < -0.4 is 10.6 Å². The molecule has 3 nitrogen and oxygen atoms in total. The van der Waals surface area contributed by atoms with E-state index in [-0.39, 0.29) is 10.8 Å². The molecule has 0 heterocycles. The lowest BCUT2D eigenvalue weighted by molar-refractivity contribution is 0.0157. The second-order valence-electron chi connectivity index (χ2n) is 7.69. The minimum Gasteiger partial charge on any atom is -0.380 e. The van der Waals surface area contributed by atoms with Crippen molar-refractivity contribution in [1.29, 1.82) is 0 Å². The van der Waals surface area contributed by atoms with Gasteiger partial charge in [0.05, 0.1) is 13.2 Å². The van der Waals surface area contributed by atoms with Gasteiger partial charge >= 0.3 is 0 Å². The van der Waals surface area contributed by atoms with Gasteiger partial charge in [0, 0.05) is 30.5 Å². The molecule has 1 aromatic carbocycles. The van der Waals surface area contributed by atoms with Gasteiger partial charge in [-0.1, -0.05) is 65.0 Å². The average Bonchev–Trinajstić information content (AvgIpc) is 2.45. The number of nitrogens with one attached hydrogen (secondary N) is 2. The number of benzene rings is 1. The second kappa shape index (κ2) is 9.29. The van der Waals surface area contributed by atoms with E-state index >= 15 is 0 Å². The fraction of sp³-hybridized carbons (Fsp3) is 0.684. The molecular formula is C19H34N2O. The molecule has 0 aromatic heterocycles. The third-order valence-corrected chi connectivity index (χ3v) is 3.61. The fourth-order valence-corrected chi connectivity index (χ4v) is 2.31. The summed E-state index contributed by atoms with van der Waals surface area (Å²) < 4.78 is 5.98. The summed E-state index contributed by atoms with van der Waals surface area (Å²) in [7, 11) is 0. The highest BCUT2D eigenvalue weighted by molar-refractivity contribution is 5.14. The van der Waals surface area contributed by atoms with Gasteiger partial charge in [0.1, 0.15) is 0 Å². The van der Waals surface area contributed by atoms with Crippen molar-refractivity contribution in [3.05, 3.63) is 35.9 Å². The average molecular weight is 306 g/mol. The lowest BCUT2D eigenvalue weighted by atomic mass is 9.93. The third kappa shape index (κ3) is 8.52. The highest BCUT2D eigenvalue weighted by Gasteiger charge is 2.22. The van der Waals surface area contributed by atoms with Gasteiger partial charge in [0.2, 0.25) is 0 Å². The van der Waals surface area contributed by atoms with Gasteiger partial charge in [-0.05, 0) is 12.1 Å². The largest absolute Gasteiger partial charge is 0.380 e. The Kier molecular flexibility index (Phi) is 8.08. The van der Waals surface area contributed by atoms with Gasteiger partial charge in [-0.15, -0.1) is 0 Å². The van der Waals surface area contributed by atoms with E-state index in [1.165, 1.54) is 5.56 Å². The molecule has 0 amide bonds. The van der Waals surface area contributed by atoms with E-state index < -0.39 is 0 Å². The summed E-state index contributed by atoms with van der Waals surface area (Å²) in [4.78, 5) is 0. The van der Waals surface area contributed by atoms with Gasteiger partial charge in [-0.3, -0.25) is 0 Å². The Morgan fingerprint density at radius 2 is 1.41 bits per heavy atom. The van der Waals surface area contributed by atoms with Crippen LogP contribution in [0.15, 0.2) is 30.3 Å². The quantitative estimate of drug-likeness (QED) is 0.657. The van der Waals surface area contributed by atoms with Crippen molar-refractivity contribution >= 4 is 0 Å². The summed E-state index contributed by atoms with van der Waals surface area (Å²) in [6.07, 6.45) is 0. The van der Waals surface area contributed by atoms with Crippen molar-refractivity contribution < 1.29 is 4.74 Å². The first-order valence-electron chi connectivity index (χ1n) is 8.38. The molecule has 0 unspecified atom stereocenters. The van der Waals surface area contributed by atoms with Gasteiger partial charge in [0.15, 0.2) is 0 Å². The van der Waals surface area contributed by atoms with E-state index in [0.717, 1.165) is 39.4 Å². The second-order valence-corrected chi connectivity index (χ2v) is 7.69. The molecule has 22 heavy (non-hydrogen) atoms. The van der Waals surface area contributed by atoms with E-state index in [1.807, 2.05) is 0 Å². The van der Waals surface area contributed by atoms with Crippen LogP contribution in [0.2, 0.25) is 0 Å². The first kappa shape index (κ1) is 19.1. The van der Waals surface area contributed by atoms with Crippen LogP contribution in [0.1, 0.15) is 40.2 Å². The van der Waals surface area contributed by atoms with Crippen LogP contribution in [-0.4, -0.2) is 32.8 Å². The molecule has 0 aliphatic carbocycles. The Morgan fingerprint density at radius 3 is 1.95 bits per heavy atom. The van der Waals surface area contributed by atoms with Gasteiger partial charge in [0.25, 0.3) is 0 Å². The maximum atomic E-state index is 5.98. The Hall–Kier alpha value is -0.900. The van der Waals surface area contributed by atoms with Crippen LogP contribution in [-0.2, 0) is 11.3 Å². The van der Waals surface area contributed by atoms with Gasteiger partial charge < -0.3 is 15.4 Å². The zero-order valence-corrected chi connectivity index (χ0v) is 15.0. The van der Waals surface area contributed by atoms with E-state index in [9.17, 15) is 0 Å². The molecule has 1 rings (SSSR count). The van der Waals surface area contributed by atoms with Crippen LogP contribution >= 0.6 is 0 Å². The molecule has 3 heteroatoms. The van der Waals surface area contributed by atoms with Crippen LogP contribution in [0.25, 0.3) is 0 Å². The Balaban J connectivity index is 2.23. The summed E-state index contributed by atoms with van der Waals surface area (Å²) in [5.41, 5.74) is 1.65. The first-order valence-corrected chi connectivity index (χ1v) is 8.38. The van der Waals surface area contributed by atoms with E-state index in [2.05, 4.69) is 75.6 Å². The van der Waals surface area contributed by atoms with E-state index in [4.69, 9.17) is 4.74 Å². The molecule has 0 saturated carbocycles. The van der Waals surface area contributed by atoms with Gasteiger partial charge in [-0.2, -0.15) is 0 Å². The molecule has 0 spiro atoms. The van der Waals surface area contributed by atoms with Crippen molar-refractivity contribution in [2.45, 2.75) is 41.2 Å². The highest BCUT2D eigenvalue weighted by atomic mass is 16.5. The van der Waals surface area contributed by atoms with Crippen LogP contribution in [0.3, 0.4) is 0 Å². The molecule has 2 N–H and O–H groups in total. The number of hydrogen-bond acceptors (Lipinski definition) is 3. The molecule has 1 aromatic rings. The monoisotopic (exact) mass is 306 g/mol. The van der Waals surface area contributed by atoms with Crippen molar-refractivity contribution in [2.24, 2.45) is 10.8 Å². The molecule has 126 valence electrons. The number of rotatable bonds is 11. The summed E-state index contributed by atoms with van der Waals surface area (Å²) >= 11 is 0. The molecular weight excluding hydrogens is 272 g/mol. The zero-order chi connectivity index (χ0) is 16.5. The first-order chi connectivity index (χ1) is 10.3. The zero-order valence-electron chi connectivity index (χ0n) is 15.0. The van der Waals surface area contributed by atoms with E-state index in [0.29, 0.717) is 0 Å². The normalized spacial score (nSPS) is 12.6. The minimum absolute atomic E-state index is 0.142. The van der Waals surface area contributed by atoms with Gasteiger partial charge in [-0.25, -0.2) is 0 Å². The summed E-state index contributed by atoms with van der Waals surface area (Å²) in [5, 5.41) is 6.93. The lowest BCUT2D eigenvalue weighted by Gasteiger charge is -2.29. The molecule has 0 bridgehead atoms. The predicted molar refractivity (Wildman–Crippen MR) is 95.1 cm³/mol. The lowest BCUT2D eigenvalue weighted by Crippen LogP contribution is -2.37. The molecule has 0 fully saturated rings. The van der Waals surface area contributed by atoms with Crippen LogP contribution in [0, 0.1) is 10.8 Å². The molecule has 0 aliphatic heterocycles. The Labute approximate surface area is 136 Å². The molecule has 0 radical (unpaired) electrons. The van der Waals surface area contributed by atoms with Crippen molar-refractivity contribution in [1.82, 2.24) is 10.6 Å². The standard InChI is InChI=1S/C19H34N2O/c1-6-20-13-18(2,3)15-22-16-19(4,5)14-21-12-17-10-8-7-9-11-17/h7-11,20-21H,6,12-16H2,1-5H3. The smallest absolute Gasteiger partial charge is 0.0529 e. The van der Waals surface area contributed by atoms with Crippen molar-refractivity contribution in [3.63, 3.8) is 0 Å². The maximum Gasteiger partial charge on any atom is 0.0529 e. The molecule has 0 saturated heterocycles. The van der Waals surface area contributed by atoms with E-state index in [1.54, 1.807) is 0 Å². The van der Waals surface area contributed by atoms with Crippen molar-refractivity contribution in [2.75, 3.05) is 32.8 Å². The Morgan fingerprint density at radius 1 is 0.864 bits per heavy atom. The van der Waals surface area contributed by atoms with Crippen molar-refractivity contribution in [3.8, 4) is 0 Å². The topological polar surface area (TPSA) is 33.3 Å². The van der Waals surface area contributed by atoms with Crippen LogP contribution in [0.5, 0.6) is 0 Å².